The lowest BCUT2D eigenvalue weighted by molar-refractivity contribution is 0.0310. The fourth-order valence-corrected chi connectivity index (χ4v) is 3.45. The number of fused-ring (bicyclic) bond motifs is 2. The second kappa shape index (κ2) is 4.56. The van der Waals surface area contributed by atoms with Gasteiger partial charge in [0.1, 0.15) is 5.15 Å². The quantitative estimate of drug-likeness (QED) is 0.820. The number of nitrogens with zero attached hydrogens (tertiary/aromatic N) is 2. The molecule has 92 valence electrons. The van der Waals surface area contributed by atoms with Gasteiger partial charge in [0.2, 0.25) is 0 Å². The highest BCUT2D eigenvalue weighted by atomic mass is 35.5. The molecule has 0 saturated carbocycles. The van der Waals surface area contributed by atoms with Crippen molar-refractivity contribution in [1.29, 1.82) is 0 Å². The molecule has 4 heteroatoms. The molecule has 0 amide bonds. The van der Waals surface area contributed by atoms with Crippen LogP contribution in [0, 0.1) is 0 Å². The lowest BCUT2D eigenvalue weighted by atomic mass is 9.99. The SMILES string of the molecule is OC1CC2CCC(C1)N2Cc1ccnc(Cl)c1. The third-order valence-electron chi connectivity index (χ3n) is 4.02. The Kier molecular flexibility index (Phi) is 3.07. The van der Waals surface area contributed by atoms with Gasteiger partial charge in [-0.1, -0.05) is 11.6 Å². The van der Waals surface area contributed by atoms with Gasteiger partial charge in [-0.15, -0.1) is 0 Å². The number of hydrogen-bond acceptors (Lipinski definition) is 3. The number of pyridine rings is 1. The zero-order valence-electron chi connectivity index (χ0n) is 9.72. The molecule has 0 aromatic carbocycles. The molecule has 3 nitrogen and oxygen atoms in total. The molecule has 2 saturated heterocycles. The predicted octanol–water partition coefficient (Wildman–Crippen LogP) is 2.22. The highest BCUT2D eigenvalue weighted by molar-refractivity contribution is 6.29. The van der Waals surface area contributed by atoms with E-state index in [1.54, 1.807) is 6.20 Å². The van der Waals surface area contributed by atoms with Crippen LogP contribution in [-0.2, 0) is 6.54 Å². The molecule has 2 bridgehead atoms. The van der Waals surface area contributed by atoms with Gasteiger partial charge in [-0.2, -0.15) is 0 Å². The molecule has 2 atom stereocenters. The molecule has 0 aliphatic carbocycles. The van der Waals surface area contributed by atoms with Gasteiger partial charge in [0.15, 0.2) is 0 Å². The van der Waals surface area contributed by atoms with Crippen molar-refractivity contribution in [2.45, 2.75) is 50.4 Å². The molecule has 2 aliphatic rings. The van der Waals surface area contributed by atoms with Crippen LogP contribution in [0.4, 0.5) is 0 Å². The van der Waals surface area contributed by atoms with E-state index in [0.717, 1.165) is 19.4 Å². The van der Waals surface area contributed by atoms with E-state index in [4.69, 9.17) is 11.6 Å². The largest absolute Gasteiger partial charge is 0.393 e. The Morgan fingerprint density at radius 1 is 1.35 bits per heavy atom. The summed E-state index contributed by atoms with van der Waals surface area (Å²) < 4.78 is 0. The summed E-state index contributed by atoms with van der Waals surface area (Å²) in [5.41, 5.74) is 1.22. The van der Waals surface area contributed by atoms with Crippen molar-refractivity contribution in [3.05, 3.63) is 29.0 Å². The molecular formula is C13H17ClN2O. The number of rotatable bonds is 2. The normalized spacial score (nSPS) is 32.9. The Labute approximate surface area is 106 Å². The molecular weight excluding hydrogens is 236 g/mol. The first-order valence-corrected chi connectivity index (χ1v) is 6.64. The van der Waals surface area contributed by atoms with Crippen LogP contribution in [-0.4, -0.2) is 33.2 Å². The van der Waals surface area contributed by atoms with E-state index in [1.165, 1.54) is 18.4 Å². The van der Waals surface area contributed by atoms with Gasteiger partial charge in [-0.3, -0.25) is 4.90 Å². The van der Waals surface area contributed by atoms with Gasteiger partial charge >= 0.3 is 0 Å². The van der Waals surface area contributed by atoms with Crippen molar-refractivity contribution < 1.29 is 5.11 Å². The molecule has 3 rings (SSSR count). The van der Waals surface area contributed by atoms with E-state index < -0.39 is 0 Å². The third kappa shape index (κ3) is 2.32. The highest BCUT2D eigenvalue weighted by Crippen LogP contribution is 2.36. The Bertz CT molecular complexity index is 398. The number of piperidine rings is 1. The first-order valence-electron chi connectivity index (χ1n) is 6.26. The zero-order chi connectivity index (χ0) is 11.8. The lowest BCUT2D eigenvalue weighted by Gasteiger charge is -2.37. The Hall–Kier alpha value is -0.640. The summed E-state index contributed by atoms with van der Waals surface area (Å²) >= 11 is 5.90. The molecule has 1 aromatic heterocycles. The molecule has 2 aliphatic heterocycles. The fraction of sp³-hybridized carbons (Fsp3) is 0.615. The van der Waals surface area contributed by atoms with Crippen LogP contribution in [0.1, 0.15) is 31.2 Å². The summed E-state index contributed by atoms with van der Waals surface area (Å²) in [7, 11) is 0. The van der Waals surface area contributed by atoms with Crippen molar-refractivity contribution in [3.63, 3.8) is 0 Å². The van der Waals surface area contributed by atoms with E-state index in [2.05, 4.69) is 9.88 Å². The van der Waals surface area contributed by atoms with E-state index in [9.17, 15) is 5.11 Å². The maximum absolute atomic E-state index is 9.76. The maximum Gasteiger partial charge on any atom is 0.129 e. The predicted molar refractivity (Wildman–Crippen MR) is 66.8 cm³/mol. The summed E-state index contributed by atoms with van der Waals surface area (Å²) in [6.07, 6.45) is 5.97. The number of halogens is 1. The maximum atomic E-state index is 9.76. The summed E-state index contributed by atoms with van der Waals surface area (Å²) in [6.45, 7) is 0.935. The molecule has 2 unspecified atom stereocenters. The Morgan fingerprint density at radius 2 is 2.06 bits per heavy atom. The second-order valence-electron chi connectivity index (χ2n) is 5.17. The van der Waals surface area contributed by atoms with Crippen LogP contribution in [0.25, 0.3) is 0 Å². The van der Waals surface area contributed by atoms with Crippen molar-refractivity contribution in [2.24, 2.45) is 0 Å². The monoisotopic (exact) mass is 252 g/mol. The summed E-state index contributed by atoms with van der Waals surface area (Å²) in [6, 6.07) is 5.06. The summed E-state index contributed by atoms with van der Waals surface area (Å²) in [4.78, 5) is 6.53. The Morgan fingerprint density at radius 3 is 2.71 bits per heavy atom. The van der Waals surface area contributed by atoms with Crippen LogP contribution in [0.15, 0.2) is 18.3 Å². The minimum atomic E-state index is -0.0928. The van der Waals surface area contributed by atoms with Crippen molar-refractivity contribution in [3.8, 4) is 0 Å². The Balaban J connectivity index is 1.74. The highest BCUT2D eigenvalue weighted by Gasteiger charge is 2.39. The minimum Gasteiger partial charge on any atom is -0.393 e. The van der Waals surface area contributed by atoms with E-state index in [0.29, 0.717) is 17.2 Å². The molecule has 1 N–H and O–H groups in total. The number of aromatic nitrogens is 1. The fourth-order valence-electron chi connectivity index (χ4n) is 3.26. The molecule has 2 fully saturated rings. The average Bonchev–Trinajstić information content (AvgIpc) is 2.54. The van der Waals surface area contributed by atoms with Crippen LogP contribution in [0.2, 0.25) is 5.15 Å². The molecule has 0 spiro atoms. The van der Waals surface area contributed by atoms with Gasteiger partial charge in [0.05, 0.1) is 6.10 Å². The van der Waals surface area contributed by atoms with E-state index in [-0.39, 0.29) is 6.10 Å². The molecule has 3 heterocycles. The molecule has 1 aromatic rings. The van der Waals surface area contributed by atoms with Gasteiger partial charge in [0.25, 0.3) is 0 Å². The van der Waals surface area contributed by atoms with Crippen molar-refractivity contribution in [2.75, 3.05) is 0 Å². The van der Waals surface area contributed by atoms with Crippen LogP contribution >= 0.6 is 11.6 Å². The minimum absolute atomic E-state index is 0.0928. The third-order valence-corrected chi connectivity index (χ3v) is 4.22. The van der Waals surface area contributed by atoms with E-state index >= 15 is 0 Å². The smallest absolute Gasteiger partial charge is 0.129 e. The zero-order valence-corrected chi connectivity index (χ0v) is 10.5. The first kappa shape index (κ1) is 11.5. The van der Waals surface area contributed by atoms with Crippen LogP contribution < -0.4 is 0 Å². The number of hydrogen-bond donors (Lipinski definition) is 1. The molecule has 17 heavy (non-hydrogen) atoms. The van der Waals surface area contributed by atoms with Crippen molar-refractivity contribution >= 4 is 11.6 Å². The van der Waals surface area contributed by atoms with Crippen LogP contribution in [0.3, 0.4) is 0 Å². The van der Waals surface area contributed by atoms with E-state index in [1.807, 2.05) is 12.1 Å². The standard InChI is InChI=1S/C13H17ClN2O/c14-13-5-9(3-4-15-13)8-16-10-1-2-11(16)7-12(17)6-10/h3-5,10-12,17H,1-2,6-8H2. The van der Waals surface area contributed by atoms with Crippen LogP contribution in [0.5, 0.6) is 0 Å². The van der Waals surface area contributed by atoms with Gasteiger partial charge in [-0.05, 0) is 43.4 Å². The second-order valence-corrected chi connectivity index (χ2v) is 5.56. The van der Waals surface area contributed by atoms with Gasteiger partial charge in [-0.25, -0.2) is 4.98 Å². The first-order chi connectivity index (χ1) is 8.22. The number of aliphatic hydroxyl groups excluding tert-OH is 1. The summed E-state index contributed by atoms with van der Waals surface area (Å²) in [5, 5.41) is 10.3. The number of aliphatic hydroxyl groups is 1. The van der Waals surface area contributed by atoms with Crippen molar-refractivity contribution in [1.82, 2.24) is 9.88 Å². The van der Waals surface area contributed by atoms with Gasteiger partial charge < -0.3 is 5.11 Å². The van der Waals surface area contributed by atoms with Gasteiger partial charge in [0, 0.05) is 24.8 Å². The average molecular weight is 253 g/mol. The molecule has 0 radical (unpaired) electrons. The topological polar surface area (TPSA) is 36.4 Å². The summed E-state index contributed by atoms with van der Waals surface area (Å²) in [5.74, 6) is 0. The lowest BCUT2D eigenvalue weighted by Crippen LogP contribution is -2.44.